The number of likely N-dealkylation sites (N-methyl/N-ethyl adjacent to an activating group) is 1. The summed E-state index contributed by atoms with van der Waals surface area (Å²) in [6.07, 6.45) is 11.2. The van der Waals surface area contributed by atoms with Gasteiger partial charge in [-0.05, 0) is 66.3 Å². The highest BCUT2D eigenvalue weighted by molar-refractivity contribution is 6.10. The molecule has 34 heavy (non-hydrogen) atoms. The molecule has 3 rings (SSSR count). The molecule has 0 bridgehead atoms. The van der Waals surface area contributed by atoms with Crippen molar-refractivity contribution in [3.8, 4) is 0 Å². The molecule has 0 fully saturated rings. The van der Waals surface area contributed by atoms with Crippen LogP contribution in [0.2, 0.25) is 0 Å². The average molecular weight is 450 g/mol. The number of Topliss-reactive ketones (excluding diaryl/α,β-unsaturated/α-hetero) is 1. The first kappa shape index (κ1) is 25.0. The van der Waals surface area contributed by atoms with Crippen LogP contribution in [-0.2, 0) is 6.42 Å². The van der Waals surface area contributed by atoms with E-state index in [1.54, 1.807) is 6.92 Å². The second kappa shape index (κ2) is 11.0. The molecule has 0 amide bonds. The predicted molar refractivity (Wildman–Crippen MR) is 150 cm³/mol. The van der Waals surface area contributed by atoms with E-state index in [1.165, 1.54) is 5.56 Å². The van der Waals surface area contributed by atoms with Crippen LogP contribution in [0, 0.1) is 0 Å². The summed E-state index contributed by atoms with van der Waals surface area (Å²) in [7, 11) is 2.07. The van der Waals surface area contributed by atoms with Crippen molar-refractivity contribution in [2.45, 2.75) is 40.2 Å². The highest BCUT2D eigenvalue weighted by Crippen LogP contribution is 2.29. The van der Waals surface area contributed by atoms with Crippen LogP contribution in [0.15, 0.2) is 73.8 Å². The Morgan fingerprint density at radius 3 is 2.47 bits per heavy atom. The summed E-state index contributed by atoms with van der Waals surface area (Å²) in [5.74, 6) is 0.101. The minimum absolute atomic E-state index is 0.101. The Balaban J connectivity index is 1.92. The van der Waals surface area contributed by atoms with Gasteiger partial charge in [0.15, 0.2) is 5.78 Å². The van der Waals surface area contributed by atoms with Crippen molar-refractivity contribution in [1.82, 2.24) is 4.90 Å². The third-order valence-electron chi connectivity index (χ3n) is 6.48. The molecule has 1 atom stereocenters. The SMILES string of the molecule is C=Cc1cc(/C=C/C)ccc1C(=C)N(C)C(C)/C=C/c1ccc(CC)c2c(C(C)=O)cccc12. The molecule has 0 aliphatic carbocycles. The van der Waals surface area contributed by atoms with Gasteiger partial charge in [0.1, 0.15) is 0 Å². The van der Waals surface area contributed by atoms with E-state index in [0.29, 0.717) is 0 Å². The molecular weight excluding hydrogens is 414 g/mol. The van der Waals surface area contributed by atoms with Crippen LogP contribution in [0.25, 0.3) is 34.7 Å². The highest BCUT2D eigenvalue weighted by atomic mass is 16.1. The number of ketones is 1. The standard InChI is InChI=1S/C32H35NO/c1-8-12-25-16-20-29(27(10-3)21-25)23(5)33(7)22(4)15-17-28-19-18-26(9-2)32-30(24(6)34)13-11-14-31(28)32/h8,10-22H,3,5,9H2,1-2,4,6-7H3/b12-8+,17-15+. The summed E-state index contributed by atoms with van der Waals surface area (Å²) < 4.78 is 0. The summed E-state index contributed by atoms with van der Waals surface area (Å²) in [6, 6.07) is 16.8. The quantitative estimate of drug-likeness (QED) is 0.306. The molecule has 0 aliphatic heterocycles. The van der Waals surface area contributed by atoms with E-state index in [2.05, 4.69) is 93.6 Å². The Hall–Kier alpha value is -3.65. The van der Waals surface area contributed by atoms with Gasteiger partial charge in [-0.15, -0.1) is 0 Å². The number of carbonyl (C=O) groups excluding carboxylic acids is 1. The fourth-order valence-corrected chi connectivity index (χ4v) is 4.35. The van der Waals surface area contributed by atoms with Gasteiger partial charge in [-0.25, -0.2) is 0 Å². The molecule has 2 heteroatoms. The normalized spacial score (nSPS) is 12.4. The zero-order valence-corrected chi connectivity index (χ0v) is 21.1. The van der Waals surface area contributed by atoms with Crippen molar-refractivity contribution >= 4 is 40.5 Å². The van der Waals surface area contributed by atoms with E-state index in [4.69, 9.17) is 0 Å². The van der Waals surface area contributed by atoms with E-state index >= 15 is 0 Å². The van der Waals surface area contributed by atoms with Gasteiger partial charge < -0.3 is 4.90 Å². The van der Waals surface area contributed by atoms with Gasteiger partial charge in [-0.2, -0.15) is 0 Å². The van der Waals surface area contributed by atoms with Crippen LogP contribution >= 0.6 is 0 Å². The van der Waals surface area contributed by atoms with Gasteiger partial charge in [0.25, 0.3) is 0 Å². The van der Waals surface area contributed by atoms with Gasteiger partial charge in [-0.1, -0.05) is 92.9 Å². The number of aryl methyl sites for hydroxylation is 1. The number of nitrogens with zero attached hydrogens (tertiary/aromatic N) is 1. The van der Waals surface area contributed by atoms with Crippen LogP contribution in [-0.4, -0.2) is 23.8 Å². The summed E-state index contributed by atoms with van der Waals surface area (Å²) in [6.45, 7) is 16.3. The van der Waals surface area contributed by atoms with Crippen LogP contribution in [0.3, 0.4) is 0 Å². The first-order chi connectivity index (χ1) is 16.3. The lowest BCUT2D eigenvalue weighted by Gasteiger charge is -2.28. The minimum Gasteiger partial charge on any atom is -0.368 e. The zero-order valence-electron chi connectivity index (χ0n) is 21.1. The predicted octanol–water partition coefficient (Wildman–Crippen LogP) is 8.29. The third-order valence-corrected chi connectivity index (χ3v) is 6.48. The molecule has 0 spiro atoms. The fraction of sp³-hybridized carbons (Fsp3) is 0.219. The molecule has 0 saturated heterocycles. The fourth-order valence-electron chi connectivity index (χ4n) is 4.35. The van der Waals surface area contributed by atoms with Crippen molar-refractivity contribution in [3.05, 3.63) is 107 Å². The smallest absolute Gasteiger partial charge is 0.160 e. The van der Waals surface area contributed by atoms with Crippen molar-refractivity contribution in [3.63, 3.8) is 0 Å². The maximum absolute atomic E-state index is 12.3. The maximum atomic E-state index is 12.3. The molecule has 3 aromatic rings. The summed E-state index contributed by atoms with van der Waals surface area (Å²) >= 11 is 0. The van der Waals surface area contributed by atoms with Gasteiger partial charge >= 0.3 is 0 Å². The Bertz CT molecular complexity index is 1290. The maximum Gasteiger partial charge on any atom is 0.160 e. The minimum atomic E-state index is 0.101. The molecule has 2 nitrogen and oxygen atoms in total. The summed E-state index contributed by atoms with van der Waals surface area (Å²) in [5.41, 5.74) is 7.36. The Labute approximate surface area is 204 Å². The van der Waals surface area contributed by atoms with E-state index in [1.807, 2.05) is 31.2 Å². The molecule has 0 aromatic heterocycles. The summed E-state index contributed by atoms with van der Waals surface area (Å²) in [5, 5.41) is 2.19. The first-order valence-electron chi connectivity index (χ1n) is 11.9. The lowest BCUT2D eigenvalue weighted by Crippen LogP contribution is -2.25. The van der Waals surface area contributed by atoms with Gasteiger partial charge in [0.2, 0.25) is 0 Å². The van der Waals surface area contributed by atoms with Crippen LogP contribution in [0.4, 0.5) is 0 Å². The largest absolute Gasteiger partial charge is 0.368 e. The number of allylic oxidation sites excluding steroid dienone is 1. The van der Waals surface area contributed by atoms with Crippen molar-refractivity contribution < 1.29 is 4.79 Å². The third kappa shape index (κ3) is 5.12. The van der Waals surface area contributed by atoms with Gasteiger partial charge in [-0.3, -0.25) is 4.79 Å². The van der Waals surface area contributed by atoms with Gasteiger partial charge in [0, 0.05) is 29.9 Å². The average Bonchev–Trinajstić information content (AvgIpc) is 2.85. The van der Waals surface area contributed by atoms with Crippen LogP contribution < -0.4 is 0 Å². The number of hydrogen-bond donors (Lipinski definition) is 0. The van der Waals surface area contributed by atoms with E-state index in [-0.39, 0.29) is 11.8 Å². The molecule has 0 aliphatic rings. The Morgan fingerprint density at radius 2 is 1.82 bits per heavy atom. The molecule has 0 N–H and O–H groups in total. The van der Waals surface area contributed by atoms with Gasteiger partial charge in [0.05, 0.1) is 0 Å². The number of benzene rings is 3. The van der Waals surface area contributed by atoms with E-state index < -0.39 is 0 Å². The zero-order chi connectivity index (χ0) is 24.8. The number of hydrogen-bond acceptors (Lipinski definition) is 2. The second-order valence-corrected chi connectivity index (χ2v) is 8.66. The number of carbonyl (C=O) groups is 1. The Morgan fingerprint density at radius 1 is 1.06 bits per heavy atom. The van der Waals surface area contributed by atoms with Crippen LogP contribution in [0.5, 0.6) is 0 Å². The monoisotopic (exact) mass is 449 g/mol. The Kier molecular flexibility index (Phi) is 8.07. The molecule has 0 saturated carbocycles. The topological polar surface area (TPSA) is 20.3 Å². The molecule has 3 aromatic carbocycles. The van der Waals surface area contributed by atoms with Crippen molar-refractivity contribution in [2.75, 3.05) is 7.05 Å². The molecule has 174 valence electrons. The lowest BCUT2D eigenvalue weighted by molar-refractivity contribution is 0.101. The van der Waals surface area contributed by atoms with Crippen molar-refractivity contribution in [2.24, 2.45) is 0 Å². The van der Waals surface area contributed by atoms with E-state index in [0.717, 1.165) is 50.7 Å². The molecule has 1 unspecified atom stereocenters. The number of rotatable bonds is 9. The van der Waals surface area contributed by atoms with E-state index in [9.17, 15) is 4.79 Å². The first-order valence-corrected chi connectivity index (χ1v) is 11.9. The van der Waals surface area contributed by atoms with Crippen LogP contribution in [0.1, 0.15) is 65.9 Å². The number of fused-ring (bicyclic) bond motifs is 1. The molecule has 0 heterocycles. The molecule has 0 radical (unpaired) electrons. The highest BCUT2D eigenvalue weighted by Gasteiger charge is 2.14. The van der Waals surface area contributed by atoms with Crippen molar-refractivity contribution in [1.29, 1.82) is 0 Å². The second-order valence-electron chi connectivity index (χ2n) is 8.66. The molecular formula is C32H35NO. The summed E-state index contributed by atoms with van der Waals surface area (Å²) in [4.78, 5) is 14.4. The lowest BCUT2D eigenvalue weighted by atomic mass is 9.92.